The summed E-state index contributed by atoms with van der Waals surface area (Å²) in [6, 6.07) is 0. The Morgan fingerprint density at radius 2 is 2.28 bits per heavy atom. The molecule has 0 saturated carbocycles. The second-order valence-corrected chi connectivity index (χ2v) is 4.93. The smallest absolute Gasteiger partial charge is 0.378 e. The van der Waals surface area contributed by atoms with Crippen molar-refractivity contribution in [3.05, 3.63) is 0 Å². The van der Waals surface area contributed by atoms with E-state index < -0.39 is 0 Å². The van der Waals surface area contributed by atoms with E-state index in [1.807, 2.05) is 0 Å². The van der Waals surface area contributed by atoms with Gasteiger partial charge in [-0.3, -0.25) is 9.69 Å². The van der Waals surface area contributed by atoms with Gasteiger partial charge in [-0.2, -0.15) is 0 Å². The van der Waals surface area contributed by atoms with Crippen molar-refractivity contribution in [1.82, 2.24) is 4.90 Å². The highest BCUT2D eigenvalue weighted by Crippen LogP contribution is 2.21. The molecule has 2 radical (unpaired) electrons. The van der Waals surface area contributed by atoms with Gasteiger partial charge in [-0.1, -0.05) is 19.8 Å². The van der Waals surface area contributed by atoms with Crippen LogP contribution >= 0.6 is 0 Å². The molecule has 4 nitrogen and oxygen atoms in total. The van der Waals surface area contributed by atoms with Crippen LogP contribution in [0.4, 0.5) is 0 Å². The van der Waals surface area contributed by atoms with Crippen molar-refractivity contribution in [2.24, 2.45) is 5.92 Å². The van der Waals surface area contributed by atoms with Crippen molar-refractivity contribution >= 4 is 14.0 Å². The van der Waals surface area contributed by atoms with Crippen LogP contribution < -0.4 is 0 Å². The molecule has 1 fully saturated rings. The highest BCUT2D eigenvalue weighted by molar-refractivity contribution is 6.05. The highest BCUT2D eigenvalue weighted by atomic mass is 16.5. The minimum atomic E-state index is -0.281. The van der Waals surface area contributed by atoms with Crippen molar-refractivity contribution in [2.45, 2.75) is 51.7 Å². The second kappa shape index (κ2) is 8.54. The van der Waals surface area contributed by atoms with Gasteiger partial charge in [0.05, 0.1) is 5.92 Å². The SMILES string of the molecule is [B]OC(=O)C(CCCC)CCN1CCC[C@@H]1OC. The zero-order valence-corrected chi connectivity index (χ0v) is 11.6. The van der Waals surface area contributed by atoms with Gasteiger partial charge in [0.25, 0.3) is 5.97 Å². The maximum atomic E-state index is 11.6. The van der Waals surface area contributed by atoms with E-state index in [4.69, 9.17) is 12.8 Å². The fourth-order valence-corrected chi connectivity index (χ4v) is 2.57. The molecule has 0 bridgehead atoms. The number of likely N-dealkylation sites (tertiary alicyclic amines) is 1. The number of rotatable bonds is 8. The summed E-state index contributed by atoms with van der Waals surface area (Å²) in [6.45, 7) is 4.05. The van der Waals surface area contributed by atoms with Crippen LogP contribution in [0.25, 0.3) is 0 Å². The molecule has 0 N–H and O–H groups in total. The summed E-state index contributed by atoms with van der Waals surface area (Å²) < 4.78 is 9.80. The molecule has 0 spiro atoms. The van der Waals surface area contributed by atoms with Gasteiger partial charge in [0.2, 0.25) is 0 Å². The number of hydrogen-bond acceptors (Lipinski definition) is 4. The van der Waals surface area contributed by atoms with Gasteiger partial charge in [-0.15, -0.1) is 0 Å². The Hall–Kier alpha value is -0.545. The molecule has 0 aromatic rings. The van der Waals surface area contributed by atoms with E-state index in [2.05, 4.69) is 16.5 Å². The molecule has 1 rings (SSSR count). The van der Waals surface area contributed by atoms with Crippen molar-refractivity contribution in [1.29, 1.82) is 0 Å². The Kier molecular flexibility index (Phi) is 7.36. The molecule has 1 heterocycles. The molecule has 1 aliphatic rings. The van der Waals surface area contributed by atoms with Gasteiger partial charge >= 0.3 is 8.05 Å². The van der Waals surface area contributed by atoms with Crippen LogP contribution in [-0.2, 0) is 14.2 Å². The van der Waals surface area contributed by atoms with Crippen LogP contribution in [0.1, 0.15) is 45.4 Å². The molecule has 5 heteroatoms. The van der Waals surface area contributed by atoms with Crippen LogP contribution in [0.2, 0.25) is 0 Å². The van der Waals surface area contributed by atoms with Gasteiger partial charge in [-0.05, 0) is 25.7 Å². The number of unbranched alkanes of at least 4 members (excludes halogenated alkanes) is 1. The summed E-state index contributed by atoms with van der Waals surface area (Å²) in [5.41, 5.74) is 0. The Labute approximate surface area is 111 Å². The Morgan fingerprint density at radius 1 is 1.50 bits per heavy atom. The van der Waals surface area contributed by atoms with Crippen molar-refractivity contribution < 1.29 is 14.2 Å². The summed E-state index contributed by atoms with van der Waals surface area (Å²) in [5, 5.41) is 0. The van der Waals surface area contributed by atoms with E-state index in [9.17, 15) is 4.79 Å². The summed E-state index contributed by atoms with van der Waals surface area (Å²) in [4.78, 5) is 13.9. The molecule has 0 aromatic carbocycles. The van der Waals surface area contributed by atoms with Crippen LogP contribution in [0.3, 0.4) is 0 Å². The van der Waals surface area contributed by atoms with Gasteiger partial charge in [-0.25, -0.2) is 0 Å². The van der Waals surface area contributed by atoms with Crippen molar-refractivity contribution in [3.63, 3.8) is 0 Å². The largest absolute Gasteiger partial charge is 0.543 e. The molecule has 0 aromatic heterocycles. The summed E-state index contributed by atoms with van der Waals surface area (Å²) in [5.74, 6) is -0.357. The third kappa shape index (κ3) is 4.61. The zero-order valence-electron chi connectivity index (χ0n) is 11.6. The first-order valence-corrected chi connectivity index (χ1v) is 6.90. The molecule has 1 unspecified atom stereocenters. The molecular weight excluding hydrogens is 229 g/mol. The number of methoxy groups -OCH3 is 1. The minimum absolute atomic E-state index is 0.0759. The standard InChI is InChI=1S/C13H24BNO3/c1-3-4-6-11(13(16)18-14)8-10-15-9-5-7-12(15)17-2/h11-12H,3-10H2,1-2H3/t11?,12-/m0/s1. The lowest BCUT2D eigenvalue weighted by Crippen LogP contribution is -2.33. The van der Waals surface area contributed by atoms with E-state index in [0.717, 1.165) is 45.2 Å². The van der Waals surface area contributed by atoms with Gasteiger partial charge in [0, 0.05) is 20.2 Å². The zero-order chi connectivity index (χ0) is 13.4. The molecule has 2 atom stereocenters. The van der Waals surface area contributed by atoms with Gasteiger partial charge < -0.3 is 9.39 Å². The lowest BCUT2D eigenvalue weighted by atomic mass is 9.98. The normalized spacial score (nSPS) is 22.0. The van der Waals surface area contributed by atoms with E-state index >= 15 is 0 Å². The van der Waals surface area contributed by atoms with E-state index in [0.29, 0.717) is 0 Å². The maximum absolute atomic E-state index is 11.6. The van der Waals surface area contributed by atoms with Gasteiger partial charge in [0.1, 0.15) is 6.23 Å². The fraction of sp³-hybridized carbons (Fsp3) is 0.923. The Morgan fingerprint density at radius 3 is 2.89 bits per heavy atom. The lowest BCUT2D eigenvalue weighted by molar-refractivity contribution is -0.139. The van der Waals surface area contributed by atoms with Crippen LogP contribution in [0, 0.1) is 5.92 Å². The third-order valence-electron chi connectivity index (χ3n) is 3.70. The molecule has 1 saturated heterocycles. The monoisotopic (exact) mass is 253 g/mol. The summed E-state index contributed by atoms with van der Waals surface area (Å²) >= 11 is 0. The van der Waals surface area contributed by atoms with Gasteiger partial charge in [0.15, 0.2) is 0 Å². The first-order valence-electron chi connectivity index (χ1n) is 6.90. The summed E-state index contributed by atoms with van der Waals surface area (Å²) in [7, 11) is 6.74. The third-order valence-corrected chi connectivity index (χ3v) is 3.70. The van der Waals surface area contributed by atoms with E-state index in [-0.39, 0.29) is 18.1 Å². The predicted octanol–water partition coefficient (Wildman–Crippen LogP) is 1.88. The molecule has 0 amide bonds. The Bertz CT molecular complexity index is 250. The average Bonchev–Trinajstić information content (AvgIpc) is 2.85. The second-order valence-electron chi connectivity index (χ2n) is 4.93. The van der Waals surface area contributed by atoms with Crippen LogP contribution in [0.5, 0.6) is 0 Å². The lowest BCUT2D eigenvalue weighted by Gasteiger charge is -2.25. The molecule has 18 heavy (non-hydrogen) atoms. The first kappa shape index (κ1) is 15.5. The molecule has 1 aliphatic heterocycles. The van der Waals surface area contributed by atoms with E-state index in [1.54, 1.807) is 7.11 Å². The molecule has 102 valence electrons. The molecule has 0 aliphatic carbocycles. The van der Waals surface area contributed by atoms with E-state index in [1.165, 1.54) is 6.42 Å². The number of nitrogens with zero attached hydrogens (tertiary/aromatic N) is 1. The Balaban J connectivity index is 2.38. The van der Waals surface area contributed by atoms with Crippen molar-refractivity contribution in [2.75, 3.05) is 20.2 Å². The highest BCUT2D eigenvalue weighted by Gasteiger charge is 2.26. The van der Waals surface area contributed by atoms with Crippen LogP contribution in [0.15, 0.2) is 0 Å². The van der Waals surface area contributed by atoms with Crippen molar-refractivity contribution in [3.8, 4) is 0 Å². The minimum Gasteiger partial charge on any atom is -0.543 e. The van der Waals surface area contributed by atoms with Crippen LogP contribution in [-0.4, -0.2) is 45.3 Å². The topological polar surface area (TPSA) is 38.8 Å². The number of hydrogen-bond donors (Lipinski definition) is 0. The quantitative estimate of drug-likeness (QED) is 0.619. The number of carbonyl (C=O) groups excluding carboxylic acids is 1. The number of carbonyl (C=O) groups is 1. The number of ether oxygens (including phenoxy) is 1. The predicted molar refractivity (Wildman–Crippen MR) is 71.1 cm³/mol. The summed E-state index contributed by atoms with van der Waals surface area (Å²) in [6.07, 6.45) is 6.24. The molecular formula is C13H24BNO3. The fourth-order valence-electron chi connectivity index (χ4n) is 2.57. The first-order chi connectivity index (χ1) is 8.72. The average molecular weight is 253 g/mol. The maximum Gasteiger partial charge on any atom is 0.378 e.